The van der Waals surface area contributed by atoms with Crippen LogP contribution in [0.2, 0.25) is 0 Å². The van der Waals surface area contributed by atoms with Crippen LogP contribution in [0.5, 0.6) is 0 Å². The molecule has 6 nitrogen and oxygen atoms in total. The van der Waals surface area contributed by atoms with Crippen molar-refractivity contribution in [1.82, 2.24) is 10.2 Å². The van der Waals surface area contributed by atoms with Crippen molar-refractivity contribution in [3.05, 3.63) is 35.2 Å². The Hall–Kier alpha value is -2.37. The molecule has 0 fully saturated rings. The molecule has 2 aliphatic heterocycles. The van der Waals surface area contributed by atoms with E-state index in [1.165, 1.54) is 0 Å². The lowest BCUT2D eigenvalue weighted by molar-refractivity contribution is -0.133. The number of carboxylic acids is 1. The fraction of sp³-hybridized carbons (Fsp3) is 0.308. The third-order valence-corrected chi connectivity index (χ3v) is 3.54. The van der Waals surface area contributed by atoms with Gasteiger partial charge in [-0.25, -0.2) is 9.79 Å². The Morgan fingerprint density at radius 1 is 1.42 bits per heavy atom. The molecule has 2 unspecified atom stereocenters. The molecule has 2 atom stereocenters. The summed E-state index contributed by atoms with van der Waals surface area (Å²) in [7, 11) is 0. The lowest BCUT2D eigenvalue weighted by Crippen LogP contribution is -2.54. The Kier molecular flexibility index (Phi) is 2.35. The number of nitrogens with one attached hydrogen (secondary N) is 1. The first kappa shape index (κ1) is 11.7. The molecule has 0 radical (unpaired) electrons. The predicted molar refractivity (Wildman–Crippen MR) is 68.2 cm³/mol. The van der Waals surface area contributed by atoms with E-state index in [9.17, 15) is 9.59 Å². The average molecular weight is 259 g/mol. The number of aliphatic imine (C=N–C) groups is 1. The van der Waals surface area contributed by atoms with E-state index in [0.29, 0.717) is 11.4 Å². The van der Waals surface area contributed by atoms with Crippen LogP contribution < -0.4 is 5.32 Å². The maximum Gasteiger partial charge on any atom is 0.353 e. The molecule has 2 N–H and O–H groups in total. The largest absolute Gasteiger partial charge is 0.477 e. The number of carbonyl (C=O) groups excluding carboxylic acids is 1. The fourth-order valence-corrected chi connectivity index (χ4v) is 2.62. The van der Waals surface area contributed by atoms with Crippen molar-refractivity contribution in [2.75, 3.05) is 0 Å². The Morgan fingerprint density at radius 2 is 2.16 bits per heavy atom. The number of nitrogens with zero attached hydrogens (tertiary/aromatic N) is 2. The molecular weight excluding hydrogens is 246 g/mol. The minimum Gasteiger partial charge on any atom is -0.477 e. The molecule has 6 heteroatoms. The standard InChI is InChI=1S/C13H13N3O3/c1-6-3-4-8-9(5-6)16-7(2)10(13(18)19)15-11(16)12(17)14-8/h3-5,9,11,15H,1-2H3,(H,18,19). The predicted octanol–water partition coefficient (Wildman–Crippen LogP) is 0.400. The van der Waals surface area contributed by atoms with Crippen LogP contribution in [0.25, 0.3) is 0 Å². The first-order valence-corrected chi connectivity index (χ1v) is 5.97. The van der Waals surface area contributed by atoms with Gasteiger partial charge in [-0.3, -0.25) is 4.79 Å². The Morgan fingerprint density at radius 3 is 2.84 bits per heavy atom. The van der Waals surface area contributed by atoms with Gasteiger partial charge in [0.05, 0.1) is 11.8 Å². The molecule has 0 saturated carbocycles. The van der Waals surface area contributed by atoms with Crippen LogP contribution in [0, 0.1) is 0 Å². The maximum atomic E-state index is 12.0. The molecule has 0 bridgehead atoms. The van der Waals surface area contributed by atoms with Crippen molar-refractivity contribution in [2.24, 2.45) is 4.99 Å². The van der Waals surface area contributed by atoms with Crippen LogP contribution >= 0.6 is 0 Å². The van der Waals surface area contributed by atoms with E-state index >= 15 is 0 Å². The molecule has 0 spiro atoms. The molecule has 3 rings (SSSR count). The van der Waals surface area contributed by atoms with Gasteiger partial charge in [0, 0.05) is 5.70 Å². The van der Waals surface area contributed by atoms with Crippen molar-refractivity contribution in [1.29, 1.82) is 0 Å². The molecule has 1 aliphatic carbocycles. The number of hydrogen-bond donors (Lipinski definition) is 2. The van der Waals surface area contributed by atoms with E-state index in [0.717, 1.165) is 5.57 Å². The lowest BCUT2D eigenvalue weighted by atomic mass is 9.97. The number of amides is 1. The highest BCUT2D eigenvalue weighted by molar-refractivity contribution is 6.11. The van der Waals surface area contributed by atoms with Gasteiger partial charge in [0.2, 0.25) is 0 Å². The Bertz CT molecular complexity index is 613. The lowest BCUT2D eigenvalue weighted by Gasteiger charge is -2.37. The van der Waals surface area contributed by atoms with E-state index in [4.69, 9.17) is 5.11 Å². The number of aliphatic carboxylic acids is 1. The fourth-order valence-electron chi connectivity index (χ4n) is 2.62. The number of rotatable bonds is 1. The van der Waals surface area contributed by atoms with E-state index in [1.807, 2.05) is 19.1 Å². The first-order valence-electron chi connectivity index (χ1n) is 5.97. The highest BCUT2D eigenvalue weighted by Gasteiger charge is 2.44. The van der Waals surface area contributed by atoms with E-state index in [1.54, 1.807) is 17.9 Å². The van der Waals surface area contributed by atoms with Gasteiger partial charge in [-0.1, -0.05) is 17.7 Å². The van der Waals surface area contributed by atoms with Gasteiger partial charge in [-0.2, -0.15) is 0 Å². The van der Waals surface area contributed by atoms with Gasteiger partial charge in [-0.05, 0) is 19.9 Å². The average Bonchev–Trinajstić information content (AvgIpc) is 2.69. The van der Waals surface area contributed by atoms with Crippen molar-refractivity contribution in [2.45, 2.75) is 26.1 Å². The normalized spacial score (nSPS) is 28.5. The zero-order valence-corrected chi connectivity index (χ0v) is 10.5. The second-order valence-electron chi connectivity index (χ2n) is 4.78. The third-order valence-electron chi connectivity index (χ3n) is 3.54. The van der Waals surface area contributed by atoms with Crippen LogP contribution in [-0.2, 0) is 9.59 Å². The number of hydrogen-bond acceptors (Lipinski definition) is 4. The molecule has 19 heavy (non-hydrogen) atoms. The highest BCUT2D eigenvalue weighted by Crippen LogP contribution is 2.30. The van der Waals surface area contributed by atoms with Gasteiger partial charge in [0.25, 0.3) is 5.91 Å². The summed E-state index contributed by atoms with van der Waals surface area (Å²) in [4.78, 5) is 28.9. The molecule has 3 aliphatic rings. The van der Waals surface area contributed by atoms with E-state index in [2.05, 4.69) is 10.3 Å². The summed E-state index contributed by atoms with van der Waals surface area (Å²) < 4.78 is 0. The SMILES string of the molecule is CC1=CC2C(=NC(=O)C3NC(C(=O)O)=C(C)N23)C=C1. The summed E-state index contributed by atoms with van der Waals surface area (Å²) in [6.45, 7) is 3.66. The molecule has 0 aromatic heterocycles. The molecule has 0 aromatic rings. The number of carbonyl (C=O) groups is 2. The van der Waals surface area contributed by atoms with Crippen LogP contribution in [-0.4, -0.2) is 39.8 Å². The summed E-state index contributed by atoms with van der Waals surface area (Å²) in [6.07, 6.45) is 4.97. The minimum atomic E-state index is -1.06. The van der Waals surface area contributed by atoms with Crippen molar-refractivity contribution in [3.63, 3.8) is 0 Å². The van der Waals surface area contributed by atoms with E-state index in [-0.39, 0.29) is 17.6 Å². The number of allylic oxidation sites excluding steroid dienone is 3. The third kappa shape index (κ3) is 1.60. The zero-order chi connectivity index (χ0) is 13.7. The summed E-state index contributed by atoms with van der Waals surface area (Å²) in [6, 6.07) is -0.183. The highest BCUT2D eigenvalue weighted by atomic mass is 16.4. The Balaban J connectivity index is 2.09. The summed E-state index contributed by atoms with van der Waals surface area (Å²) >= 11 is 0. The maximum absolute atomic E-state index is 12.0. The van der Waals surface area contributed by atoms with Crippen molar-refractivity contribution < 1.29 is 14.7 Å². The van der Waals surface area contributed by atoms with Gasteiger partial charge in [-0.15, -0.1) is 0 Å². The molecule has 1 amide bonds. The first-order chi connectivity index (χ1) is 8.99. The summed E-state index contributed by atoms with van der Waals surface area (Å²) in [5.41, 5.74) is 2.34. The van der Waals surface area contributed by atoms with Gasteiger partial charge >= 0.3 is 5.97 Å². The Labute approximate surface area is 109 Å². The molecule has 2 heterocycles. The van der Waals surface area contributed by atoms with Crippen molar-refractivity contribution >= 4 is 17.6 Å². The second-order valence-corrected chi connectivity index (χ2v) is 4.78. The topological polar surface area (TPSA) is 82.0 Å². The number of carboxylic acid groups (broad SMARTS) is 1. The molecule has 0 aromatic carbocycles. The zero-order valence-electron chi connectivity index (χ0n) is 10.5. The molecule has 0 saturated heterocycles. The van der Waals surface area contributed by atoms with Crippen LogP contribution in [0.4, 0.5) is 0 Å². The van der Waals surface area contributed by atoms with Gasteiger partial charge in [0.1, 0.15) is 5.70 Å². The van der Waals surface area contributed by atoms with Gasteiger partial charge in [0.15, 0.2) is 6.17 Å². The van der Waals surface area contributed by atoms with Crippen LogP contribution in [0.3, 0.4) is 0 Å². The summed E-state index contributed by atoms with van der Waals surface area (Å²) in [5, 5.41) is 11.9. The quantitative estimate of drug-likeness (QED) is 0.712. The van der Waals surface area contributed by atoms with Crippen LogP contribution in [0.1, 0.15) is 13.8 Å². The second kappa shape index (κ2) is 3.81. The monoisotopic (exact) mass is 259 g/mol. The van der Waals surface area contributed by atoms with Gasteiger partial charge < -0.3 is 15.3 Å². The molecular formula is C13H13N3O3. The minimum absolute atomic E-state index is 0.0652. The van der Waals surface area contributed by atoms with E-state index < -0.39 is 12.1 Å². The van der Waals surface area contributed by atoms with Crippen LogP contribution in [0.15, 0.2) is 40.2 Å². The summed E-state index contributed by atoms with van der Waals surface area (Å²) in [5.74, 6) is -1.42. The smallest absolute Gasteiger partial charge is 0.353 e. The molecule has 98 valence electrons. The van der Waals surface area contributed by atoms with Crippen molar-refractivity contribution in [3.8, 4) is 0 Å². The number of fused-ring (bicyclic) bond motifs is 3.